The molecule has 1 aromatic rings. The van der Waals surface area contributed by atoms with Crippen LogP contribution in [0.3, 0.4) is 0 Å². The third-order valence-corrected chi connectivity index (χ3v) is 5.19. The summed E-state index contributed by atoms with van der Waals surface area (Å²) in [6.07, 6.45) is 3.66. The van der Waals surface area contributed by atoms with Crippen LogP contribution in [0.15, 0.2) is 24.3 Å². The maximum atomic E-state index is 12.4. The summed E-state index contributed by atoms with van der Waals surface area (Å²) in [4.78, 5) is 17.0. The highest BCUT2D eigenvalue weighted by molar-refractivity contribution is 6.30. The molecule has 1 atom stereocenters. The van der Waals surface area contributed by atoms with Gasteiger partial charge in [0, 0.05) is 11.6 Å². The predicted molar refractivity (Wildman–Crippen MR) is 100 cm³/mol. The highest BCUT2D eigenvalue weighted by Gasteiger charge is 2.26. The van der Waals surface area contributed by atoms with Crippen molar-refractivity contribution >= 4 is 17.5 Å². The molecule has 1 aliphatic rings. The van der Waals surface area contributed by atoms with Gasteiger partial charge in [0.2, 0.25) is 5.91 Å². The molecule has 0 spiro atoms. The summed E-state index contributed by atoms with van der Waals surface area (Å²) in [6, 6.07) is 7.54. The Balaban J connectivity index is 1.72. The maximum absolute atomic E-state index is 12.4. The molecule has 0 saturated carbocycles. The number of nitrogens with one attached hydrogen (secondary N) is 1. The number of hydrogen-bond donors (Lipinski definition) is 1. The van der Waals surface area contributed by atoms with E-state index in [1.807, 2.05) is 31.2 Å². The Morgan fingerprint density at radius 1 is 1.29 bits per heavy atom. The number of hydrogen-bond acceptors (Lipinski definition) is 3. The molecule has 5 heteroatoms. The van der Waals surface area contributed by atoms with Crippen LogP contribution in [0.4, 0.5) is 0 Å². The zero-order chi connectivity index (χ0) is 17.5. The first kappa shape index (κ1) is 19.2. The Hall–Kier alpha value is -1.10. The van der Waals surface area contributed by atoms with Gasteiger partial charge in [-0.1, -0.05) is 23.7 Å². The lowest BCUT2D eigenvalue weighted by Crippen LogP contribution is -2.48. The molecule has 4 nitrogen and oxygen atoms in total. The second-order valence-corrected chi connectivity index (χ2v) is 7.53. The van der Waals surface area contributed by atoms with Crippen molar-refractivity contribution in [3.8, 4) is 0 Å². The third kappa shape index (κ3) is 6.08. The molecule has 0 radical (unpaired) electrons. The fraction of sp³-hybridized carbons (Fsp3) is 0.632. The fourth-order valence-corrected chi connectivity index (χ4v) is 3.30. The molecule has 1 unspecified atom stereocenters. The van der Waals surface area contributed by atoms with Crippen molar-refractivity contribution in [1.29, 1.82) is 0 Å². The lowest BCUT2D eigenvalue weighted by atomic mass is 9.92. The van der Waals surface area contributed by atoms with Gasteiger partial charge in [0.15, 0.2) is 0 Å². The van der Waals surface area contributed by atoms with Gasteiger partial charge >= 0.3 is 0 Å². The second-order valence-electron chi connectivity index (χ2n) is 7.09. The number of carbonyl (C=O) groups excluding carboxylic acids is 1. The summed E-state index contributed by atoms with van der Waals surface area (Å²) in [6.45, 7) is 5.76. The summed E-state index contributed by atoms with van der Waals surface area (Å²) < 4.78 is 0. The monoisotopic (exact) mass is 351 g/mol. The number of nitrogens with zero attached hydrogens (tertiary/aromatic N) is 2. The van der Waals surface area contributed by atoms with Gasteiger partial charge in [0.1, 0.15) is 0 Å². The summed E-state index contributed by atoms with van der Waals surface area (Å²) in [5.41, 5.74) is 1.07. The van der Waals surface area contributed by atoms with E-state index in [0.717, 1.165) is 36.1 Å². The summed E-state index contributed by atoms with van der Waals surface area (Å²) in [5.74, 6) is 0.907. The van der Waals surface area contributed by atoms with Crippen molar-refractivity contribution < 1.29 is 4.79 Å². The molecule has 0 aliphatic carbocycles. The number of halogens is 1. The second kappa shape index (κ2) is 9.40. The number of rotatable bonds is 7. The molecular formula is C19H30ClN3O. The summed E-state index contributed by atoms with van der Waals surface area (Å²) >= 11 is 5.88. The zero-order valence-corrected chi connectivity index (χ0v) is 15.9. The molecule has 1 N–H and O–H groups in total. The van der Waals surface area contributed by atoms with Crippen LogP contribution >= 0.6 is 11.6 Å². The number of piperidine rings is 1. The smallest absolute Gasteiger partial charge is 0.237 e. The summed E-state index contributed by atoms with van der Waals surface area (Å²) in [5, 5.41) is 3.75. The van der Waals surface area contributed by atoms with Gasteiger partial charge in [-0.3, -0.25) is 9.69 Å². The SMILES string of the molecule is CC(C(=O)NCc1ccc(Cl)cc1)N1CCC(CCN(C)C)CC1. The molecule has 1 saturated heterocycles. The molecule has 1 heterocycles. The number of amides is 1. The molecule has 0 bridgehead atoms. The van der Waals surface area contributed by atoms with Gasteiger partial charge in [-0.05, 0) is 83.5 Å². The molecule has 1 fully saturated rings. The lowest BCUT2D eigenvalue weighted by Gasteiger charge is -2.35. The first-order valence-corrected chi connectivity index (χ1v) is 9.24. The molecule has 1 aromatic carbocycles. The molecule has 1 amide bonds. The van der Waals surface area contributed by atoms with Gasteiger partial charge < -0.3 is 10.2 Å². The van der Waals surface area contributed by atoms with E-state index in [9.17, 15) is 4.79 Å². The Labute approximate surface area is 151 Å². The highest BCUT2D eigenvalue weighted by atomic mass is 35.5. The van der Waals surface area contributed by atoms with Crippen LogP contribution in [-0.4, -0.2) is 55.5 Å². The molecule has 134 valence electrons. The molecule has 0 aromatic heterocycles. The number of carbonyl (C=O) groups is 1. The highest BCUT2D eigenvalue weighted by Crippen LogP contribution is 2.22. The average molecular weight is 352 g/mol. The quantitative estimate of drug-likeness (QED) is 0.820. The predicted octanol–water partition coefficient (Wildman–Crippen LogP) is 3.01. The minimum atomic E-state index is -0.0629. The standard InChI is InChI=1S/C19H30ClN3O/c1-15(19(24)21-14-17-4-6-18(20)7-5-17)23-12-9-16(10-13-23)8-11-22(2)3/h4-7,15-16H,8-14H2,1-3H3,(H,21,24). The molecular weight excluding hydrogens is 322 g/mol. The number of benzene rings is 1. The normalized spacial score (nSPS) is 17.9. The third-order valence-electron chi connectivity index (χ3n) is 4.94. The van der Waals surface area contributed by atoms with Crippen LogP contribution in [0.25, 0.3) is 0 Å². The number of likely N-dealkylation sites (tertiary alicyclic amines) is 1. The van der Waals surface area contributed by atoms with Crippen molar-refractivity contribution in [2.75, 3.05) is 33.7 Å². The first-order chi connectivity index (χ1) is 11.5. The van der Waals surface area contributed by atoms with E-state index < -0.39 is 0 Å². The van der Waals surface area contributed by atoms with Crippen LogP contribution in [0.1, 0.15) is 31.7 Å². The Morgan fingerprint density at radius 2 is 1.92 bits per heavy atom. The van der Waals surface area contributed by atoms with Gasteiger partial charge in [-0.15, -0.1) is 0 Å². The minimum absolute atomic E-state index is 0.0629. The van der Waals surface area contributed by atoms with Gasteiger partial charge in [-0.2, -0.15) is 0 Å². The Morgan fingerprint density at radius 3 is 2.50 bits per heavy atom. The topological polar surface area (TPSA) is 35.6 Å². The van der Waals surface area contributed by atoms with Crippen LogP contribution in [0, 0.1) is 5.92 Å². The van der Waals surface area contributed by atoms with Crippen molar-refractivity contribution in [2.45, 2.75) is 38.8 Å². The van der Waals surface area contributed by atoms with E-state index in [2.05, 4.69) is 29.2 Å². The van der Waals surface area contributed by atoms with E-state index in [-0.39, 0.29) is 11.9 Å². The van der Waals surface area contributed by atoms with E-state index in [1.54, 1.807) is 0 Å². The average Bonchev–Trinajstić information content (AvgIpc) is 2.59. The van der Waals surface area contributed by atoms with E-state index >= 15 is 0 Å². The van der Waals surface area contributed by atoms with Gasteiger partial charge in [0.05, 0.1) is 6.04 Å². The Bertz CT molecular complexity index is 510. The Kier molecular flexibility index (Phi) is 7.53. The van der Waals surface area contributed by atoms with Crippen molar-refractivity contribution in [1.82, 2.24) is 15.1 Å². The van der Waals surface area contributed by atoms with Crippen LogP contribution in [-0.2, 0) is 11.3 Å². The van der Waals surface area contributed by atoms with Crippen molar-refractivity contribution in [3.05, 3.63) is 34.9 Å². The van der Waals surface area contributed by atoms with Crippen molar-refractivity contribution in [2.24, 2.45) is 5.92 Å². The molecule has 1 aliphatic heterocycles. The molecule has 24 heavy (non-hydrogen) atoms. The largest absolute Gasteiger partial charge is 0.351 e. The van der Waals surface area contributed by atoms with Crippen molar-refractivity contribution in [3.63, 3.8) is 0 Å². The van der Waals surface area contributed by atoms with E-state index in [4.69, 9.17) is 11.6 Å². The fourth-order valence-electron chi connectivity index (χ4n) is 3.17. The van der Waals surface area contributed by atoms with Crippen LogP contribution < -0.4 is 5.32 Å². The first-order valence-electron chi connectivity index (χ1n) is 8.86. The lowest BCUT2D eigenvalue weighted by molar-refractivity contribution is -0.126. The van der Waals surface area contributed by atoms with Crippen LogP contribution in [0.2, 0.25) is 5.02 Å². The van der Waals surface area contributed by atoms with E-state index in [1.165, 1.54) is 19.3 Å². The minimum Gasteiger partial charge on any atom is -0.351 e. The van der Waals surface area contributed by atoms with Crippen LogP contribution in [0.5, 0.6) is 0 Å². The molecule has 2 rings (SSSR count). The van der Waals surface area contributed by atoms with E-state index in [0.29, 0.717) is 6.54 Å². The maximum Gasteiger partial charge on any atom is 0.237 e. The zero-order valence-electron chi connectivity index (χ0n) is 15.1. The van der Waals surface area contributed by atoms with Gasteiger partial charge in [0.25, 0.3) is 0 Å². The summed E-state index contributed by atoms with van der Waals surface area (Å²) in [7, 11) is 4.25. The van der Waals surface area contributed by atoms with Gasteiger partial charge in [-0.25, -0.2) is 0 Å².